The van der Waals surface area contributed by atoms with Crippen LogP contribution in [0.15, 0.2) is 6.07 Å². The third-order valence-electron chi connectivity index (χ3n) is 3.76. The monoisotopic (exact) mass is 323 g/mol. The van der Waals surface area contributed by atoms with E-state index in [0.29, 0.717) is 13.2 Å². The van der Waals surface area contributed by atoms with Gasteiger partial charge in [0.1, 0.15) is 0 Å². The Morgan fingerprint density at radius 2 is 2.09 bits per heavy atom. The molecule has 1 saturated carbocycles. The highest BCUT2D eigenvalue weighted by Crippen LogP contribution is 2.28. The lowest BCUT2D eigenvalue weighted by Crippen LogP contribution is -2.25. The first-order valence-electron chi connectivity index (χ1n) is 8.01. The van der Waals surface area contributed by atoms with Crippen molar-refractivity contribution in [3.05, 3.63) is 21.4 Å². The third kappa shape index (κ3) is 5.89. The van der Waals surface area contributed by atoms with E-state index in [-0.39, 0.29) is 24.5 Å². The van der Waals surface area contributed by atoms with Crippen molar-refractivity contribution in [2.24, 2.45) is 5.92 Å². The molecule has 0 atom stereocenters. The number of thiophene rings is 1. The second kappa shape index (κ2) is 8.44. The standard InChI is InChI=1S/C17H25NO3S/c1-12-10-15(13(2)22-12)16(19)6-7-17(20)18-8-3-9-21-11-14-4-5-14/h10,14H,3-9,11H2,1-2H3,(H,18,20). The molecule has 1 aliphatic carbocycles. The predicted octanol–water partition coefficient (Wildman–Crippen LogP) is 3.26. The molecule has 2 rings (SSSR count). The second-order valence-corrected chi connectivity index (χ2v) is 7.43. The summed E-state index contributed by atoms with van der Waals surface area (Å²) in [6, 6.07) is 1.91. The fraction of sp³-hybridized carbons (Fsp3) is 0.647. The van der Waals surface area contributed by atoms with Crippen LogP contribution in [0, 0.1) is 19.8 Å². The predicted molar refractivity (Wildman–Crippen MR) is 88.5 cm³/mol. The Bertz CT molecular complexity index is 520. The minimum absolute atomic E-state index is 0.0554. The summed E-state index contributed by atoms with van der Waals surface area (Å²) in [4.78, 5) is 26.0. The number of carbonyl (C=O) groups excluding carboxylic acids is 2. The van der Waals surface area contributed by atoms with Crippen molar-refractivity contribution >= 4 is 23.0 Å². The molecule has 1 N–H and O–H groups in total. The van der Waals surface area contributed by atoms with Gasteiger partial charge in [-0.2, -0.15) is 0 Å². The van der Waals surface area contributed by atoms with Gasteiger partial charge in [-0.25, -0.2) is 0 Å². The summed E-state index contributed by atoms with van der Waals surface area (Å²) in [6.07, 6.45) is 3.97. The number of amides is 1. The Hall–Kier alpha value is -1.20. The van der Waals surface area contributed by atoms with Gasteiger partial charge in [0.05, 0.1) is 0 Å². The maximum absolute atomic E-state index is 12.1. The lowest BCUT2D eigenvalue weighted by Gasteiger charge is -2.06. The molecule has 1 heterocycles. The first-order chi connectivity index (χ1) is 10.6. The summed E-state index contributed by atoms with van der Waals surface area (Å²) >= 11 is 1.62. The lowest BCUT2D eigenvalue weighted by atomic mass is 10.1. The van der Waals surface area contributed by atoms with Crippen LogP contribution < -0.4 is 5.32 Å². The molecule has 1 aliphatic rings. The van der Waals surface area contributed by atoms with E-state index in [1.54, 1.807) is 11.3 Å². The van der Waals surface area contributed by atoms with E-state index in [4.69, 9.17) is 4.74 Å². The van der Waals surface area contributed by atoms with E-state index in [0.717, 1.165) is 34.3 Å². The average Bonchev–Trinajstić information content (AvgIpc) is 3.24. The van der Waals surface area contributed by atoms with E-state index in [1.807, 2.05) is 19.9 Å². The van der Waals surface area contributed by atoms with Crippen LogP contribution in [0.3, 0.4) is 0 Å². The Labute approximate surface area is 136 Å². The van der Waals surface area contributed by atoms with Gasteiger partial charge in [-0.3, -0.25) is 9.59 Å². The van der Waals surface area contributed by atoms with Crippen LogP contribution in [0.5, 0.6) is 0 Å². The fourth-order valence-corrected chi connectivity index (χ4v) is 3.24. The maximum Gasteiger partial charge on any atom is 0.220 e. The first-order valence-corrected chi connectivity index (χ1v) is 8.82. The van der Waals surface area contributed by atoms with Gasteiger partial charge in [0.25, 0.3) is 0 Å². The summed E-state index contributed by atoms with van der Waals surface area (Å²) in [7, 11) is 0. The van der Waals surface area contributed by atoms with Crippen LogP contribution in [0.1, 0.15) is 52.2 Å². The second-order valence-electron chi connectivity index (χ2n) is 5.97. The number of aryl methyl sites for hydroxylation is 2. The van der Waals surface area contributed by atoms with Gasteiger partial charge in [-0.1, -0.05) is 0 Å². The van der Waals surface area contributed by atoms with E-state index in [2.05, 4.69) is 5.32 Å². The SMILES string of the molecule is Cc1cc(C(=O)CCC(=O)NCCCOCC2CC2)c(C)s1. The largest absolute Gasteiger partial charge is 0.381 e. The highest BCUT2D eigenvalue weighted by atomic mass is 32.1. The van der Waals surface area contributed by atoms with Gasteiger partial charge in [-0.15, -0.1) is 11.3 Å². The molecule has 0 bridgehead atoms. The van der Waals surface area contributed by atoms with Crippen LogP contribution >= 0.6 is 11.3 Å². The molecule has 0 radical (unpaired) electrons. The summed E-state index contributed by atoms with van der Waals surface area (Å²) in [5.74, 6) is 0.787. The van der Waals surface area contributed by atoms with Gasteiger partial charge in [0, 0.05) is 47.9 Å². The van der Waals surface area contributed by atoms with Crippen molar-refractivity contribution in [3.63, 3.8) is 0 Å². The number of Topliss-reactive ketones (excluding diaryl/α,β-unsaturated/α-hetero) is 1. The molecule has 0 unspecified atom stereocenters. The van der Waals surface area contributed by atoms with Crippen LogP contribution in [-0.2, 0) is 9.53 Å². The smallest absolute Gasteiger partial charge is 0.220 e. The van der Waals surface area contributed by atoms with Gasteiger partial charge < -0.3 is 10.1 Å². The van der Waals surface area contributed by atoms with Crippen molar-refractivity contribution in [3.8, 4) is 0 Å². The normalized spacial score (nSPS) is 14.1. The molecule has 1 amide bonds. The molecule has 0 spiro atoms. The summed E-state index contributed by atoms with van der Waals surface area (Å²) in [5, 5.41) is 2.84. The minimum Gasteiger partial charge on any atom is -0.381 e. The molecule has 22 heavy (non-hydrogen) atoms. The van der Waals surface area contributed by atoms with Gasteiger partial charge in [0.2, 0.25) is 5.91 Å². The number of carbonyl (C=O) groups is 2. The molecular weight excluding hydrogens is 298 g/mol. The third-order valence-corrected chi connectivity index (χ3v) is 4.72. The summed E-state index contributed by atoms with van der Waals surface area (Å²) < 4.78 is 5.51. The van der Waals surface area contributed by atoms with E-state index < -0.39 is 0 Å². The van der Waals surface area contributed by atoms with Crippen LogP contribution in [0.2, 0.25) is 0 Å². The molecule has 4 nitrogen and oxygen atoms in total. The van der Waals surface area contributed by atoms with E-state index in [1.165, 1.54) is 12.8 Å². The minimum atomic E-state index is -0.0554. The van der Waals surface area contributed by atoms with Crippen molar-refractivity contribution < 1.29 is 14.3 Å². The van der Waals surface area contributed by atoms with Crippen LogP contribution in [0.4, 0.5) is 0 Å². The number of rotatable bonds is 10. The zero-order chi connectivity index (χ0) is 15.9. The molecule has 1 aromatic heterocycles. The molecule has 122 valence electrons. The zero-order valence-electron chi connectivity index (χ0n) is 13.4. The Morgan fingerprint density at radius 3 is 2.73 bits per heavy atom. The van der Waals surface area contributed by atoms with Gasteiger partial charge in [0.15, 0.2) is 5.78 Å². The number of ether oxygens (including phenoxy) is 1. The molecule has 5 heteroatoms. The molecule has 0 saturated heterocycles. The molecule has 1 fully saturated rings. The first kappa shape index (κ1) is 17.2. The van der Waals surface area contributed by atoms with Gasteiger partial charge in [-0.05, 0) is 45.1 Å². The maximum atomic E-state index is 12.1. The molecular formula is C17H25NO3S. The quantitative estimate of drug-likeness (QED) is 0.531. The summed E-state index contributed by atoms with van der Waals surface area (Å²) in [6.45, 7) is 6.12. The van der Waals surface area contributed by atoms with Crippen LogP contribution in [0.25, 0.3) is 0 Å². The number of hydrogen-bond donors (Lipinski definition) is 1. The molecule has 0 aromatic carbocycles. The highest BCUT2D eigenvalue weighted by molar-refractivity contribution is 7.12. The molecule has 1 aromatic rings. The zero-order valence-corrected chi connectivity index (χ0v) is 14.3. The number of hydrogen-bond acceptors (Lipinski definition) is 4. The Kier molecular flexibility index (Phi) is 6.58. The number of ketones is 1. The van der Waals surface area contributed by atoms with Crippen LogP contribution in [-0.4, -0.2) is 31.4 Å². The van der Waals surface area contributed by atoms with Crippen molar-refractivity contribution in [1.29, 1.82) is 0 Å². The van der Waals surface area contributed by atoms with Crippen molar-refractivity contribution in [1.82, 2.24) is 5.32 Å². The lowest BCUT2D eigenvalue weighted by molar-refractivity contribution is -0.121. The fourth-order valence-electron chi connectivity index (χ4n) is 2.29. The van der Waals surface area contributed by atoms with Gasteiger partial charge >= 0.3 is 0 Å². The van der Waals surface area contributed by atoms with E-state index in [9.17, 15) is 9.59 Å². The highest BCUT2D eigenvalue weighted by Gasteiger charge is 2.20. The Balaban J connectivity index is 1.54. The Morgan fingerprint density at radius 1 is 1.32 bits per heavy atom. The van der Waals surface area contributed by atoms with E-state index >= 15 is 0 Å². The average molecular weight is 323 g/mol. The number of nitrogens with one attached hydrogen (secondary N) is 1. The summed E-state index contributed by atoms with van der Waals surface area (Å²) in [5.41, 5.74) is 0.767. The van der Waals surface area contributed by atoms with Crippen molar-refractivity contribution in [2.45, 2.75) is 46.0 Å². The van der Waals surface area contributed by atoms with Crippen molar-refractivity contribution in [2.75, 3.05) is 19.8 Å². The topological polar surface area (TPSA) is 55.4 Å². The molecule has 0 aliphatic heterocycles.